The van der Waals surface area contributed by atoms with E-state index in [9.17, 15) is 9.59 Å². The molecule has 5 nitrogen and oxygen atoms in total. The zero-order valence-electron chi connectivity index (χ0n) is 15.6. The molecule has 0 bridgehead atoms. The van der Waals surface area contributed by atoms with E-state index in [0.29, 0.717) is 25.6 Å². The highest BCUT2D eigenvalue weighted by Crippen LogP contribution is 2.17. The van der Waals surface area contributed by atoms with Gasteiger partial charge in [0.1, 0.15) is 0 Å². The number of hydrogen-bond donors (Lipinski definition) is 3. The van der Waals surface area contributed by atoms with Gasteiger partial charge in [-0.3, -0.25) is 9.59 Å². The summed E-state index contributed by atoms with van der Waals surface area (Å²) in [7, 11) is 1.86. The van der Waals surface area contributed by atoms with E-state index < -0.39 is 0 Å². The third-order valence-electron chi connectivity index (χ3n) is 3.75. The van der Waals surface area contributed by atoms with Gasteiger partial charge in [-0.05, 0) is 32.8 Å². The Morgan fingerprint density at radius 2 is 1.67 bits per heavy atom. The Hall–Kier alpha value is -1.88. The van der Waals surface area contributed by atoms with Crippen LogP contribution in [0.4, 0.5) is 0 Å². The Kier molecular flexibility index (Phi) is 7.92. The van der Waals surface area contributed by atoms with Gasteiger partial charge in [-0.2, -0.15) is 0 Å². The average molecular weight is 334 g/mol. The van der Waals surface area contributed by atoms with Gasteiger partial charge in [-0.1, -0.05) is 37.3 Å². The Morgan fingerprint density at radius 1 is 1.08 bits per heavy atom. The lowest BCUT2D eigenvalue weighted by Gasteiger charge is -2.22. The zero-order valence-corrected chi connectivity index (χ0v) is 15.6. The molecule has 0 heterocycles. The van der Waals surface area contributed by atoms with E-state index in [4.69, 9.17) is 0 Å². The first-order valence-corrected chi connectivity index (χ1v) is 8.65. The molecule has 2 amide bonds. The molecule has 1 unspecified atom stereocenters. The minimum absolute atomic E-state index is 0.0227. The summed E-state index contributed by atoms with van der Waals surface area (Å²) in [6.07, 6.45) is 0.973. The second-order valence-electron chi connectivity index (χ2n) is 7.43. The van der Waals surface area contributed by atoms with Crippen molar-refractivity contribution in [3.8, 4) is 0 Å². The number of hydrogen-bond acceptors (Lipinski definition) is 2. The highest BCUT2D eigenvalue weighted by molar-refractivity contribution is 5.79. The van der Waals surface area contributed by atoms with Crippen LogP contribution in [0.1, 0.15) is 45.6 Å². The van der Waals surface area contributed by atoms with E-state index in [1.165, 1.54) is 5.56 Å². The number of benzene rings is 1. The molecule has 2 atom stereocenters. The molecular formula is C19H32N3O2+. The van der Waals surface area contributed by atoms with Gasteiger partial charge in [-0.15, -0.1) is 0 Å². The van der Waals surface area contributed by atoms with Crippen LogP contribution in [0, 0.1) is 0 Å². The van der Waals surface area contributed by atoms with Gasteiger partial charge < -0.3 is 15.5 Å². The molecule has 1 aromatic carbocycles. The van der Waals surface area contributed by atoms with Crippen molar-refractivity contribution >= 4 is 11.8 Å². The quantitative estimate of drug-likeness (QED) is 0.656. The summed E-state index contributed by atoms with van der Waals surface area (Å²) in [5.74, 6) is 0.258. The standard InChI is InChI=1S/C19H31N3O2/c1-6-15(16-10-8-7-9-11-16)12-20-17(23)13-22(5)14-18(24)21-19(2,3)4/h7-11,15H,6,12-14H2,1-5H3,(H,20,23)(H,21,24)/p+1/t15-/m0/s1. The van der Waals surface area contributed by atoms with E-state index >= 15 is 0 Å². The molecule has 0 radical (unpaired) electrons. The lowest BCUT2D eigenvalue weighted by Crippen LogP contribution is -3.11. The van der Waals surface area contributed by atoms with Gasteiger partial charge in [0.05, 0.1) is 7.05 Å². The molecule has 3 N–H and O–H groups in total. The molecule has 0 spiro atoms. The smallest absolute Gasteiger partial charge is 0.275 e. The molecule has 0 fully saturated rings. The minimum atomic E-state index is -0.246. The molecule has 24 heavy (non-hydrogen) atoms. The fraction of sp³-hybridized carbons (Fsp3) is 0.579. The second-order valence-corrected chi connectivity index (χ2v) is 7.43. The summed E-state index contributed by atoms with van der Waals surface area (Å²) in [6.45, 7) is 9.17. The van der Waals surface area contributed by atoms with Crippen LogP contribution < -0.4 is 15.5 Å². The first kappa shape index (κ1) is 20.2. The third-order valence-corrected chi connectivity index (χ3v) is 3.75. The maximum Gasteiger partial charge on any atom is 0.275 e. The van der Waals surface area contributed by atoms with Gasteiger partial charge in [-0.25, -0.2) is 0 Å². The fourth-order valence-electron chi connectivity index (χ4n) is 2.60. The van der Waals surface area contributed by atoms with Crippen LogP contribution in [-0.4, -0.2) is 44.0 Å². The van der Waals surface area contributed by atoms with Crippen molar-refractivity contribution in [2.75, 3.05) is 26.7 Å². The highest BCUT2D eigenvalue weighted by atomic mass is 16.2. The van der Waals surface area contributed by atoms with Crippen molar-refractivity contribution in [3.05, 3.63) is 35.9 Å². The van der Waals surface area contributed by atoms with Gasteiger partial charge >= 0.3 is 0 Å². The average Bonchev–Trinajstić information content (AvgIpc) is 2.46. The van der Waals surface area contributed by atoms with E-state index in [-0.39, 0.29) is 17.4 Å². The normalized spacial score (nSPS) is 13.9. The Morgan fingerprint density at radius 3 is 2.21 bits per heavy atom. The van der Waals surface area contributed by atoms with E-state index in [0.717, 1.165) is 11.3 Å². The maximum atomic E-state index is 12.1. The van der Waals surface area contributed by atoms with Crippen molar-refractivity contribution < 1.29 is 14.5 Å². The van der Waals surface area contributed by atoms with Crippen molar-refractivity contribution in [3.63, 3.8) is 0 Å². The summed E-state index contributed by atoms with van der Waals surface area (Å²) < 4.78 is 0. The van der Waals surface area contributed by atoms with Crippen LogP contribution in [0.25, 0.3) is 0 Å². The molecule has 134 valence electrons. The molecule has 0 aromatic heterocycles. The topological polar surface area (TPSA) is 62.6 Å². The van der Waals surface area contributed by atoms with Gasteiger partial charge in [0, 0.05) is 18.0 Å². The maximum absolute atomic E-state index is 12.1. The van der Waals surface area contributed by atoms with Gasteiger partial charge in [0.2, 0.25) is 0 Å². The highest BCUT2D eigenvalue weighted by Gasteiger charge is 2.19. The first-order valence-electron chi connectivity index (χ1n) is 8.65. The number of carbonyl (C=O) groups is 2. The molecule has 0 saturated heterocycles. The van der Waals surface area contributed by atoms with E-state index in [1.54, 1.807) is 0 Å². The molecule has 0 aliphatic carbocycles. The summed E-state index contributed by atoms with van der Waals surface area (Å²) in [4.78, 5) is 24.9. The number of quaternary nitrogens is 1. The number of likely N-dealkylation sites (N-methyl/N-ethyl adjacent to an activating group) is 1. The van der Waals surface area contributed by atoms with Crippen LogP contribution in [0.2, 0.25) is 0 Å². The number of rotatable bonds is 8. The monoisotopic (exact) mass is 334 g/mol. The molecule has 5 heteroatoms. The predicted octanol–water partition coefficient (Wildman–Crippen LogP) is 0.726. The van der Waals surface area contributed by atoms with Gasteiger partial charge in [0.15, 0.2) is 13.1 Å². The molecule has 0 aliphatic heterocycles. The van der Waals surface area contributed by atoms with E-state index in [1.807, 2.05) is 46.0 Å². The molecule has 1 rings (SSSR count). The van der Waals surface area contributed by atoms with Gasteiger partial charge in [0.25, 0.3) is 11.8 Å². The lowest BCUT2D eigenvalue weighted by atomic mass is 9.96. The lowest BCUT2D eigenvalue weighted by molar-refractivity contribution is -0.862. The second kappa shape index (κ2) is 9.42. The minimum Gasteiger partial charge on any atom is -0.351 e. The number of carbonyl (C=O) groups excluding carboxylic acids is 2. The van der Waals surface area contributed by atoms with Crippen LogP contribution >= 0.6 is 0 Å². The van der Waals surface area contributed by atoms with Crippen molar-refractivity contribution in [2.24, 2.45) is 0 Å². The molecule has 0 saturated carbocycles. The summed E-state index contributed by atoms with van der Waals surface area (Å²) >= 11 is 0. The number of amides is 2. The summed E-state index contributed by atoms with van der Waals surface area (Å²) in [5.41, 5.74) is 0.995. The Bertz CT molecular complexity index is 523. The first-order chi connectivity index (χ1) is 11.2. The SMILES string of the molecule is CC[C@@H](CNC(=O)C[NH+](C)CC(=O)NC(C)(C)C)c1ccccc1. The third kappa shape index (κ3) is 8.11. The largest absolute Gasteiger partial charge is 0.351 e. The van der Waals surface area contributed by atoms with Crippen molar-refractivity contribution in [1.82, 2.24) is 10.6 Å². The summed E-state index contributed by atoms with van der Waals surface area (Å²) in [5, 5.41) is 5.91. The Labute approximate surface area is 145 Å². The predicted molar refractivity (Wildman–Crippen MR) is 97.0 cm³/mol. The summed E-state index contributed by atoms with van der Waals surface area (Å²) in [6, 6.07) is 10.2. The van der Waals surface area contributed by atoms with Crippen LogP contribution in [0.3, 0.4) is 0 Å². The number of nitrogens with one attached hydrogen (secondary N) is 3. The van der Waals surface area contributed by atoms with Crippen molar-refractivity contribution in [2.45, 2.75) is 45.6 Å². The van der Waals surface area contributed by atoms with Crippen LogP contribution in [-0.2, 0) is 9.59 Å². The van der Waals surface area contributed by atoms with Crippen LogP contribution in [0.5, 0.6) is 0 Å². The molecule has 1 aromatic rings. The van der Waals surface area contributed by atoms with Crippen LogP contribution in [0.15, 0.2) is 30.3 Å². The van der Waals surface area contributed by atoms with E-state index in [2.05, 4.69) is 29.7 Å². The molecule has 0 aliphatic rings. The zero-order chi connectivity index (χ0) is 18.2. The fourth-order valence-corrected chi connectivity index (χ4v) is 2.60. The molecular weight excluding hydrogens is 302 g/mol. The Balaban J connectivity index is 2.38. The van der Waals surface area contributed by atoms with Crippen molar-refractivity contribution in [1.29, 1.82) is 0 Å².